The van der Waals surface area contributed by atoms with Crippen molar-refractivity contribution in [3.05, 3.63) is 0 Å². The Morgan fingerprint density at radius 2 is 2.07 bits per heavy atom. The van der Waals surface area contributed by atoms with Crippen molar-refractivity contribution in [3.8, 4) is 0 Å². The number of rotatable bonds is 4. The Labute approximate surface area is 92.2 Å². The molecule has 0 aromatic carbocycles. The number of hydrogen-bond acceptors (Lipinski definition) is 3. The number of amides is 1. The summed E-state index contributed by atoms with van der Waals surface area (Å²) in [5.41, 5.74) is 0. The van der Waals surface area contributed by atoms with Crippen LogP contribution in [0.2, 0.25) is 0 Å². The van der Waals surface area contributed by atoms with Gasteiger partial charge in [0.1, 0.15) is 6.61 Å². The van der Waals surface area contributed by atoms with E-state index in [2.05, 4.69) is 11.9 Å². The molecule has 0 aromatic rings. The number of ether oxygens (including phenoxy) is 1. The lowest BCUT2D eigenvalue weighted by atomic mass is 9.97. The van der Waals surface area contributed by atoms with Crippen LogP contribution in [0, 0.1) is 5.92 Å². The normalized spacial score (nSPS) is 19.1. The highest BCUT2D eigenvalue weighted by molar-refractivity contribution is 5.77. The van der Waals surface area contributed by atoms with Gasteiger partial charge in [-0.3, -0.25) is 4.79 Å². The third-order valence-electron chi connectivity index (χ3n) is 3.06. The third-order valence-corrected chi connectivity index (χ3v) is 3.06. The Hall–Kier alpha value is -0.610. The predicted octanol–water partition coefficient (Wildman–Crippen LogP) is 0.433. The first-order chi connectivity index (χ1) is 7.13. The molecule has 0 spiro atoms. The highest BCUT2D eigenvalue weighted by atomic mass is 16.5. The van der Waals surface area contributed by atoms with Gasteiger partial charge in [-0.2, -0.15) is 0 Å². The molecule has 1 aliphatic rings. The van der Waals surface area contributed by atoms with Gasteiger partial charge in [-0.25, -0.2) is 0 Å². The SMILES string of the molecule is COCC(=O)N(C)CC1CCN(C)CC1. The van der Waals surface area contributed by atoms with E-state index in [4.69, 9.17) is 4.74 Å². The molecule has 0 aromatic heterocycles. The Balaban J connectivity index is 2.25. The van der Waals surface area contributed by atoms with E-state index in [0.29, 0.717) is 5.92 Å². The number of carbonyl (C=O) groups is 1. The average Bonchev–Trinajstić information content (AvgIpc) is 2.22. The monoisotopic (exact) mass is 214 g/mol. The molecule has 0 saturated carbocycles. The molecular weight excluding hydrogens is 192 g/mol. The molecule has 88 valence electrons. The lowest BCUT2D eigenvalue weighted by Gasteiger charge is -2.31. The molecule has 4 heteroatoms. The highest BCUT2D eigenvalue weighted by Gasteiger charge is 2.19. The topological polar surface area (TPSA) is 32.8 Å². The Bertz CT molecular complexity index is 201. The molecule has 1 fully saturated rings. The summed E-state index contributed by atoms with van der Waals surface area (Å²) >= 11 is 0. The maximum Gasteiger partial charge on any atom is 0.248 e. The zero-order valence-corrected chi connectivity index (χ0v) is 10.0. The van der Waals surface area contributed by atoms with Crippen LogP contribution < -0.4 is 0 Å². The molecular formula is C11H22N2O2. The summed E-state index contributed by atoms with van der Waals surface area (Å²) in [6, 6.07) is 0. The number of likely N-dealkylation sites (N-methyl/N-ethyl adjacent to an activating group) is 1. The number of piperidine rings is 1. The number of hydrogen-bond donors (Lipinski definition) is 0. The van der Waals surface area contributed by atoms with Crippen molar-refractivity contribution in [3.63, 3.8) is 0 Å². The lowest BCUT2D eigenvalue weighted by Crippen LogP contribution is -2.39. The van der Waals surface area contributed by atoms with Crippen LogP contribution in [0.5, 0.6) is 0 Å². The van der Waals surface area contributed by atoms with E-state index >= 15 is 0 Å². The second-order valence-corrected chi connectivity index (χ2v) is 4.45. The minimum Gasteiger partial charge on any atom is -0.375 e. The van der Waals surface area contributed by atoms with Crippen LogP contribution in [0.4, 0.5) is 0 Å². The first-order valence-corrected chi connectivity index (χ1v) is 5.55. The minimum absolute atomic E-state index is 0.0800. The van der Waals surface area contributed by atoms with E-state index in [1.165, 1.54) is 12.8 Å². The second-order valence-electron chi connectivity index (χ2n) is 4.45. The van der Waals surface area contributed by atoms with Crippen molar-refractivity contribution >= 4 is 5.91 Å². The van der Waals surface area contributed by atoms with E-state index in [1.54, 1.807) is 12.0 Å². The maximum atomic E-state index is 11.5. The molecule has 0 atom stereocenters. The van der Waals surface area contributed by atoms with Crippen molar-refractivity contribution < 1.29 is 9.53 Å². The van der Waals surface area contributed by atoms with Gasteiger partial charge in [-0.15, -0.1) is 0 Å². The van der Waals surface area contributed by atoms with E-state index in [-0.39, 0.29) is 12.5 Å². The van der Waals surface area contributed by atoms with Crippen molar-refractivity contribution in [1.82, 2.24) is 9.80 Å². The van der Waals surface area contributed by atoms with Gasteiger partial charge >= 0.3 is 0 Å². The summed E-state index contributed by atoms with van der Waals surface area (Å²) in [4.78, 5) is 15.6. The maximum absolute atomic E-state index is 11.5. The Morgan fingerprint density at radius 3 is 2.60 bits per heavy atom. The Morgan fingerprint density at radius 1 is 1.47 bits per heavy atom. The van der Waals surface area contributed by atoms with Crippen LogP contribution in [0.1, 0.15) is 12.8 Å². The fourth-order valence-corrected chi connectivity index (χ4v) is 1.97. The molecule has 15 heavy (non-hydrogen) atoms. The van der Waals surface area contributed by atoms with Crippen molar-refractivity contribution in [2.24, 2.45) is 5.92 Å². The summed E-state index contributed by atoms with van der Waals surface area (Å²) in [7, 11) is 5.57. The quantitative estimate of drug-likeness (QED) is 0.680. The molecule has 1 amide bonds. The molecule has 1 rings (SSSR count). The standard InChI is InChI=1S/C11H22N2O2/c1-12-6-4-10(5-7-12)8-13(2)11(14)9-15-3/h10H,4-9H2,1-3H3. The zero-order chi connectivity index (χ0) is 11.3. The smallest absolute Gasteiger partial charge is 0.248 e. The van der Waals surface area contributed by atoms with E-state index in [0.717, 1.165) is 19.6 Å². The van der Waals surface area contributed by atoms with Crippen LogP contribution in [-0.4, -0.2) is 63.2 Å². The first kappa shape index (κ1) is 12.5. The van der Waals surface area contributed by atoms with Crippen molar-refractivity contribution in [2.45, 2.75) is 12.8 Å². The highest BCUT2D eigenvalue weighted by Crippen LogP contribution is 2.16. The van der Waals surface area contributed by atoms with Gasteiger partial charge in [0.05, 0.1) is 0 Å². The third kappa shape index (κ3) is 4.18. The van der Waals surface area contributed by atoms with Gasteiger partial charge in [-0.05, 0) is 38.9 Å². The van der Waals surface area contributed by atoms with Crippen LogP contribution in [-0.2, 0) is 9.53 Å². The summed E-state index contributed by atoms with van der Waals surface area (Å²) in [6.45, 7) is 3.37. The van der Waals surface area contributed by atoms with Crippen molar-refractivity contribution in [2.75, 3.05) is 47.4 Å². The van der Waals surface area contributed by atoms with Crippen LogP contribution >= 0.6 is 0 Å². The van der Waals surface area contributed by atoms with Gasteiger partial charge in [0.15, 0.2) is 0 Å². The molecule has 0 aliphatic carbocycles. The summed E-state index contributed by atoms with van der Waals surface area (Å²) in [6.07, 6.45) is 2.39. The summed E-state index contributed by atoms with van der Waals surface area (Å²) in [5.74, 6) is 0.739. The van der Waals surface area contributed by atoms with Gasteiger partial charge in [0.25, 0.3) is 0 Å². The lowest BCUT2D eigenvalue weighted by molar-refractivity contribution is -0.134. The first-order valence-electron chi connectivity index (χ1n) is 5.55. The van der Waals surface area contributed by atoms with E-state index < -0.39 is 0 Å². The van der Waals surface area contributed by atoms with Gasteiger partial charge in [0, 0.05) is 20.7 Å². The summed E-state index contributed by atoms with van der Waals surface area (Å²) < 4.78 is 4.83. The van der Waals surface area contributed by atoms with Gasteiger partial charge in [0.2, 0.25) is 5.91 Å². The van der Waals surface area contributed by atoms with Gasteiger partial charge in [-0.1, -0.05) is 0 Å². The largest absolute Gasteiger partial charge is 0.375 e. The second kappa shape index (κ2) is 6.08. The van der Waals surface area contributed by atoms with Crippen LogP contribution in [0.15, 0.2) is 0 Å². The fourth-order valence-electron chi connectivity index (χ4n) is 1.97. The predicted molar refractivity (Wildman–Crippen MR) is 59.7 cm³/mol. The minimum atomic E-state index is 0.0800. The number of carbonyl (C=O) groups excluding carboxylic acids is 1. The molecule has 0 radical (unpaired) electrons. The number of methoxy groups -OCH3 is 1. The molecule has 0 unspecified atom stereocenters. The number of nitrogens with zero attached hydrogens (tertiary/aromatic N) is 2. The molecule has 4 nitrogen and oxygen atoms in total. The van der Waals surface area contributed by atoms with E-state index in [9.17, 15) is 4.79 Å². The Kier molecular flexibility index (Phi) is 5.05. The average molecular weight is 214 g/mol. The zero-order valence-electron chi connectivity index (χ0n) is 10.0. The molecule has 0 bridgehead atoms. The number of likely N-dealkylation sites (tertiary alicyclic amines) is 1. The summed E-state index contributed by atoms with van der Waals surface area (Å²) in [5, 5.41) is 0. The van der Waals surface area contributed by atoms with Gasteiger partial charge < -0.3 is 14.5 Å². The van der Waals surface area contributed by atoms with Crippen LogP contribution in [0.25, 0.3) is 0 Å². The van der Waals surface area contributed by atoms with Crippen molar-refractivity contribution in [1.29, 1.82) is 0 Å². The fraction of sp³-hybridized carbons (Fsp3) is 0.909. The van der Waals surface area contributed by atoms with E-state index in [1.807, 2.05) is 7.05 Å². The molecule has 1 heterocycles. The van der Waals surface area contributed by atoms with Crippen LogP contribution in [0.3, 0.4) is 0 Å². The molecule has 0 N–H and O–H groups in total. The molecule has 1 saturated heterocycles. The molecule has 1 aliphatic heterocycles.